The van der Waals surface area contributed by atoms with E-state index in [1.165, 1.54) is 42.7 Å². The number of carboxylic acid groups (broad SMARTS) is 2. The molecule has 0 aliphatic rings. The summed E-state index contributed by atoms with van der Waals surface area (Å²) in [7, 11) is 2.10. The minimum atomic E-state index is -3.43. The average molecular weight is 527 g/mol. The Balaban J connectivity index is 6.46. The van der Waals surface area contributed by atoms with Crippen molar-refractivity contribution in [1.82, 2.24) is 0 Å². The van der Waals surface area contributed by atoms with Gasteiger partial charge in [-0.2, -0.15) is 0 Å². The Morgan fingerprint density at radius 3 is 1.32 bits per heavy atom. The number of hydrogen-bond acceptors (Lipinski definition) is 8. The summed E-state index contributed by atoms with van der Waals surface area (Å²) in [4.78, 5) is 24.0. The van der Waals surface area contributed by atoms with Crippen molar-refractivity contribution in [2.75, 3.05) is 42.7 Å². The van der Waals surface area contributed by atoms with Gasteiger partial charge in [-0.25, -0.2) is 0 Å². The van der Waals surface area contributed by atoms with E-state index < -0.39 is 46.0 Å². The zero-order chi connectivity index (χ0) is 26.4. The normalized spacial score (nSPS) is 16.1. The molecule has 0 heterocycles. The second-order valence-corrected chi connectivity index (χ2v) is 14.6. The summed E-state index contributed by atoms with van der Waals surface area (Å²) in [5, 5.41) is 19.7. The lowest BCUT2D eigenvalue weighted by Crippen LogP contribution is -2.62. The lowest BCUT2D eigenvalue weighted by Gasteiger charge is -2.50. The molecular formula is C22H46O10Si2. The molecule has 0 bridgehead atoms. The largest absolute Gasteiger partial charge is 0.504 e. The van der Waals surface area contributed by atoms with Crippen molar-refractivity contribution in [3.63, 3.8) is 0 Å². The van der Waals surface area contributed by atoms with Crippen LogP contribution < -0.4 is 0 Å². The molecule has 0 saturated heterocycles. The molecule has 0 aromatic carbocycles. The highest BCUT2D eigenvalue weighted by Gasteiger charge is 2.68. The quantitative estimate of drug-likeness (QED) is 0.166. The van der Waals surface area contributed by atoms with Gasteiger partial charge in [0.1, 0.15) is 0 Å². The van der Waals surface area contributed by atoms with Crippen LogP contribution in [0, 0.1) is 5.41 Å². The van der Waals surface area contributed by atoms with Gasteiger partial charge < -0.3 is 36.8 Å². The van der Waals surface area contributed by atoms with E-state index >= 15 is 0 Å². The van der Waals surface area contributed by atoms with Crippen molar-refractivity contribution in [2.45, 2.75) is 82.7 Å². The zero-order valence-corrected chi connectivity index (χ0v) is 24.2. The molecule has 2 unspecified atom stereocenters. The van der Waals surface area contributed by atoms with Crippen LogP contribution in [0.1, 0.15) is 71.6 Å². The number of unbranched alkanes of at least 4 members (excludes halogenated alkanes) is 4. The average Bonchev–Trinajstić information content (AvgIpc) is 2.84. The van der Waals surface area contributed by atoms with Gasteiger partial charge >= 0.3 is 29.5 Å². The molecule has 0 radical (unpaired) electrons. The standard InChI is InChI=1S/C22H46O10Si2/c1-9-18(33(27-3,28-4)29-5)22(21(25)26,17-15-13-11-12-14-16-20(23)24)19(10-2)34(30-6,31-7)32-8/h18-19H,9-17H2,1-8H3,(H,23,24)(H,25,26). The van der Waals surface area contributed by atoms with Crippen LogP contribution >= 0.6 is 0 Å². The third-order valence-corrected chi connectivity index (χ3v) is 14.0. The van der Waals surface area contributed by atoms with Crippen LogP contribution in [0.15, 0.2) is 0 Å². The van der Waals surface area contributed by atoms with Gasteiger partial charge in [-0.05, 0) is 25.7 Å². The lowest BCUT2D eigenvalue weighted by molar-refractivity contribution is -0.153. The molecule has 0 aliphatic carbocycles. The monoisotopic (exact) mass is 526 g/mol. The van der Waals surface area contributed by atoms with Crippen molar-refractivity contribution in [2.24, 2.45) is 5.41 Å². The van der Waals surface area contributed by atoms with Gasteiger partial charge in [-0.3, -0.25) is 9.59 Å². The number of hydrogen-bond donors (Lipinski definition) is 2. The number of aliphatic carboxylic acids is 2. The van der Waals surface area contributed by atoms with E-state index in [1.807, 2.05) is 13.8 Å². The molecule has 34 heavy (non-hydrogen) atoms. The van der Waals surface area contributed by atoms with Crippen molar-refractivity contribution < 1.29 is 46.4 Å². The summed E-state index contributed by atoms with van der Waals surface area (Å²) in [5.41, 5.74) is -2.52. The molecular weight excluding hydrogens is 480 g/mol. The topological polar surface area (TPSA) is 130 Å². The van der Waals surface area contributed by atoms with Crippen molar-refractivity contribution in [3.8, 4) is 0 Å². The molecule has 0 aliphatic heterocycles. The van der Waals surface area contributed by atoms with Crippen LogP contribution in [0.5, 0.6) is 0 Å². The van der Waals surface area contributed by atoms with E-state index in [2.05, 4.69) is 0 Å². The fourth-order valence-electron chi connectivity index (χ4n) is 5.43. The molecule has 2 atom stereocenters. The molecule has 0 amide bonds. The highest BCUT2D eigenvalue weighted by atomic mass is 28.4. The molecule has 2 N–H and O–H groups in total. The summed E-state index contributed by atoms with van der Waals surface area (Å²) >= 11 is 0. The minimum Gasteiger partial charge on any atom is -0.481 e. The fourth-order valence-corrected chi connectivity index (χ4v) is 11.5. The van der Waals surface area contributed by atoms with E-state index in [1.54, 1.807) is 0 Å². The van der Waals surface area contributed by atoms with Gasteiger partial charge in [0.25, 0.3) is 0 Å². The lowest BCUT2D eigenvalue weighted by atomic mass is 9.74. The zero-order valence-electron chi connectivity index (χ0n) is 22.2. The first-order valence-electron chi connectivity index (χ1n) is 11.9. The fraction of sp³-hybridized carbons (Fsp3) is 0.909. The number of rotatable bonds is 21. The summed E-state index contributed by atoms with van der Waals surface area (Å²) in [6, 6.07) is 0. The molecule has 0 spiro atoms. The second-order valence-electron chi connectivity index (χ2n) is 8.36. The first-order chi connectivity index (χ1) is 16.1. The Labute approximate surface area is 206 Å². The molecule has 0 rings (SSSR count). The third-order valence-electron chi connectivity index (χ3n) is 7.00. The Hall–Kier alpha value is -0.866. The highest BCUT2D eigenvalue weighted by Crippen LogP contribution is 2.58. The predicted octanol–water partition coefficient (Wildman–Crippen LogP) is 4.19. The predicted molar refractivity (Wildman–Crippen MR) is 132 cm³/mol. The first-order valence-corrected chi connectivity index (χ1v) is 15.5. The van der Waals surface area contributed by atoms with Crippen LogP contribution in [-0.2, 0) is 36.1 Å². The maximum atomic E-state index is 13.3. The van der Waals surface area contributed by atoms with Crippen LogP contribution in [0.25, 0.3) is 0 Å². The Bertz CT molecular complexity index is 552. The second kappa shape index (κ2) is 16.0. The molecule has 0 fully saturated rings. The summed E-state index contributed by atoms with van der Waals surface area (Å²) in [6.07, 6.45) is 4.96. The van der Waals surface area contributed by atoms with Crippen molar-refractivity contribution in [3.05, 3.63) is 0 Å². The van der Waals surface area contributed by atoms with E-state index in [4.69, 9.17) is 31.7 Å². The number of carbonyl (C=O) groups is 2. The van der Waals surface area contributed by atoms with Gasteiger partial charge in [-0.1, -0.05) is 39.5 Å². The van der Waals surface area contributed by atoms with E-state index in [-0.39, 0.29) is 6.42 Å². The smallest absolute Gasteiger partial charge is 0.481 e. The van der Waals surface area contributed by atoms with Crippen molar-refractivity contribution in [1.29, 1.82) is 0 Å². The van der Waals surface area contributed by atoms with Gasteiger partial charge in [0.15, 0.2) is 0 Å². The van der Waals surface area contributed by atoms with Gasteiger partial charge in [0, 0.05) is 60.2 Å². The van der Waals surface area contributed by atoms with E-state index in [0.717, 1.165) is 19.3 Å². The highest BCUT2D eigenvalue weighted by molar-refractivity contribution is 6.65. The number of carboxylic acids is 2. The SMILES string of the molecule is CCC(C(CCCCCCCC(=O)O)(C(=O)O)C(CC)[Si](OC)(OC)OC)[Si](OC)(OC)OC. The van der Waals surface area contributed by atoms with Crippen LogP contribution in [0.4, 0.5) is 0 Å². The van der Waals surface area contributed by atoms with Gasteiger partial charge in [-0.15, -0.1) is 0 Å². The molecule has 12 heteroatoms. The molecule has 0 aromatic heterocycles. The van der Waals surface area contributed by atoms with Crippen LogP contribution in [-0.4, -0.2) is 82.4 Å². The third kappa shape index (κ3) is 7.32. The van der Waals surface area contributed by atoms with Crippen LogP contribution in [0.2, 0.25) is 11.1 Å². The minimum absolute atomic E-state index is 0.141. The molecule has 10 nitrogen and oxygen atoms in total. The van der Waals surface area contributed by atoms with E-state index in [9.17, 15) is 14.7 Å². The summed E-state index contributed by atoms with van der Waals surface area (Å²) < 4.78 is 34.8. The first kappa shape index (κ1) is 33.1. The summed E-state index contributed by atoms with van der Waals surface area (Å²) in [5.74, 6) is -1.79. The maximum absolute atomic E-state index is 13.3. The van der Waals surface area contributed by atoms with Gasteiger partial charge in [0.2, 0.25) is 0 Å². The Kier molecular flexibility index (Phi) is 15.6. The van der Waals surface area contributed by atoms with Gasteiger partial charge in [0.05, 0.1) is 5.41 Å². The Morgan fingerprint density at radius 1 is 0.676 bits per heavy atom. The molecule has 202 valence electrons. The molecule has 0 saturated carbocycles. The molecule has 0 aromatic rings. The van der Waals surface area contributed by atoms with Crippen LogP contribution in [0.3, 0.4) is 0 Å². The summed E-state index contributed by atoms with van der Waals surface area (Å²) in [6.45, 7) is 3.82. The maximum Gasteiger partial charge on any atom is 0.504 e. The Morgan fingerprint density at radius 2 is 1.03 bits per heavy atom. The van der Waals surface area contributed by atoms with E-state index in [0.29, 0.717) is 32.1 Å². The van der Waals surface area contributed by atoms with Crippen molar-refractivity contribution >= 4 is 29.5 Å².